The van der Waals surface area contributed by atoms with Gasteiger partial charge in [-0.05, 0) is 61.4 Å². The van der Waals surface area contributed by atoms with E-state index in [0.717, 1.165) is 35.5 Å². The van der Waals surface area contributed by atoms with Crippen molar-refractivity contribution in [3.05, 3.63) is 63.6 Å². The second kappa shape index (κ2) is 13.4. The second-order valence-corrected chi connectivity index (χ2v) is 13.5. The van der Waals surface area contributed by atoms with Crippen LogP contribution in [0.3, 0.4) is 0 Å². The SMILES string of the molecule is Cc1cc(CC(OC(=O)N2CCC(N3Cc4ccccc4NC3=O)CC2)C(=O)N2CCN(C3CCCCC3)CC2)cc2oc(=O)[nH]c12. The maximum absolute atomic E-state index is 14.0. The lowest BCUT2D eigenvalue weighted by Crippen LogP contribution is -2.55. The fourth-order valence-electron chi connectivity index (χ4n) is 7.84. The minimum absolute atomic E-state index is 0.00370. The van der Waals surface area contributed by atoms with Crippen LogP contribution >= 0.6 is 0 Å². The van der Waals surface area contributed by atoms with Crippen molar-refractivity contribution >= 4 is 34.8 Å². The zero-order chi connectivity index (χ0) is 32.5. The Balaban J connectivity index is 1.02. The number of amides is 4. The Morgan fingerprint density at radius 2 is 1.66 bits per heavy atom. The number of carbonyl (C=O) groups is 3. The lowest BCUT2D eigenvalue weighted by atomic mass is 9.94. The van der Waals surface area contributed by atoms with E-state index >= 15 is 0 Å². The molecule has 3 aromatic rings. The summed E-state index contributed by atoms with van der Waals surface area (Å²) in [4.78, 5) is 62.9. The first kappa shape index (κ1) is 31.3. The average molecular weight is 645 g/mol. The molecule has 2 saturated heterocycles. The maximum atomic E-state index is 14.0. The minimum Gasteiger partial charge on any atom is -0.436 e. The highest BCUT2D eigenvalue weighted by Gasteiger charge is 2.36. The summed E-state index contributed by atoms with van der Waals surface area (Å²) in [6.07, 6.45) is 6.14. The van der Waals surface area contributed by atoms with Crippen LogP contribution in [-0.2, 0) is 22.5 Å². The van der Waals surface area contributed by atoms with E-state index in [1.165, 1.54) is 32.1 Å². The summed E-state index contributed by atoms with van der Waals surface area (Å²) >= 11 is 0. The molecule has 4 aliphatic rings. The number of aryl methyl sites for hydroxylation is 1. The molecular formula is C35H44N6O6. The molecule has 4 heterocycles. The number of piperidine rings is 1. The first-order chi connectivity index (χ1) is 22.8. The second-order valence-electron chi connectivity index (χ2n) is 13.5. The highest BCUT2D eigenvalue weighted by Crippen LogP contribution is 2.29. The highest BCUT2D eigenvalue weighted by atomic mass is 16.6. The van der Waals surface area contributed by atoms with Gasteiger partial charge in [0.2, 0.25) is 0 Å². The van der Waals surface area contributed by atoms with Crippen LogP contribution < -0.4 is 11.1 Å². The molecular weight excluding hydrogens is 600 g/mol. The average Bonchev–Trinajstić information content (AvgIpc) is 3.48. The van der Waals surface area contributed by atoms with Crippen LogP contribution in [0.2, 0.25) is 0 Å². The number of oxazole rings is 1. The minimum atomic E-state index is -1.02. The molecule has 1 atom stereocenters. The molecule has 0 bridgehead atoms. The molecule has 1 aromatic heterocycles. The van der Waals surface area contributed by atoms with Gasteiger partial charge < -0.3 is 29.2 Å². The number of H-pyrrole nitrogens is 1. The smallest absolute Gasteiger partial charge is 0.417 e. The van der Waals surface area contributed by atoms with Gasteiger partial charge in [-0.3, -0.25) is 14.7 Å². The van der Waals surface area contributed by atoms with Gasteiger partial charge in [0.05, 0.1) is 5.52 Å². The molecule has 7 rings (SSSR count). The van der Waals surface area contributed by atoms with E-state index in [-0.39, 0.29) is 24.4 Å². The van der Waals surface area contributed by atoms with E-state index in [1.54, 1.807) is 11.0 Å². The molecule has 1 aliphatic carbocycles. The number of urea groups is 1. The molecule has 1 unspecified atom stereocenters. The van der Waals surface area contributed by atoms with Crippen molar-refractivity contribution in [2.45, 2.75) is 83.0 Å². The van der Waals surface area contributed by atoms with Gasteiger partial charge in [-0.2, -0.15) is 0 Å². The summed E-state index contributed by atoms with van der Waals surface area (Å²) in [5.41, 5.74) is 4.51. The predicted molar refractivity (Wildman–Crippen MR) is 176 cm³/mol. The third kappa shape index (κ3) is 6.74. The number of nitrogens with one attached hydrogen (secondary N) is 2. The van der Waals surface area contributed by atoms with E-state index < -0.39 is 18.0 Å². The van der Waals surface area contributed by atoms with E-state index in [0.29, 0.717) is 62.7 Å². The summed E-state index contributed by atoms with van der Waals surface area (Å²) in [5.74, 6) is -0.738. The van der Waals surface area contributed by atoms with E-state index in [9.17, 15) is 19.2 Å². The van der Waals surface area contributed by atoms with Gasteiger partial charge >= 0.3 is 17.9 Å². The summed E-state index contributed by atoms with van der Waals surface area (Å²) < 4.78 is 11.4. The van der Waals surface area contributed by atoms with E-state index in [1.807, 2.05) is 47.1 Å². The number of likely N-dealkylation sites (tertiary alicyclic amines) is 1. The Labute approximate surface area is 274 Å². The van der Waals surface area contributed by atoms with E-state index in [4.69, 9.17) is 9.15 Å². The number of nitrogens with zero attached hydrogens (tertiary/aromatic N) is 4. The molecule has 12 heteroatoms. The Morgan fingerprint density at radius 1 is 0.915 bits per heavy atom. The molecule has 47 heavy (non-hydrogen) atoms. The van der Waals surface area contributed by atoms with Gasteiger partial charge in [-0.15, -0.1) is 0 Å². The lowest BCUT2D eigenvalue weighted by molar-refractivity contribution is -0.143. The first-order valence-corrected chi connectivity index (χ1v) is 17.1. The van der Waals surface area contributed by atoms with Gasteiger partial charge in [0.25, 0.3) is 5.91 Å². The molecule has 0 radical (unpaired) electrons. The number of piperazine rings is 1. The van der Waals surface area contributed by atoms with Crippen LogP contribution in [-0.4, -0.2) is 100 Å². The van der Waals surface area contributed by atoms with Crippen molar-refractivity contribution in [3.8, 4) is 0 Å². The van der Waals surface area contributed by atoms with Crippen molar-refractivity contribution in [1.82, 2.24) is 24.6 Å². The molecule has 3 aliphatic heterocycles. The number of hydrogen-bond acceptors (Lipinski definition) is 7. The lowest BCUT2D eigenvalue weighted by Gasteiger charge is -2.42. The monoisotopic (exact) mass is 644 g/mol. The first-order valence-electron chi connectivity index (χ1n) is 17.1. The number of benzene rings is 2. The number of carbonyl (C=O) groups excluding carboxylic acids is 3. The number of para-hydroxylation sites is 1. The molecule has 3 fully saturated rings. The van der Waals surface area contributed by atoms with E-state index in [2.05, 4.69) is 15.2 Å². The summed E-state index contributed by atoms with van der Waals surface area (Å²) in [7, 11) is 0. The molecule has 2 aromatic carbocycles. The van der Waals surface area contributed by atoms with Crippen LogP contribution in [0.1, 0.15) is 61.6 Å². The fraction of sp³-hybridized carbons (Fsp3) is 0.543. The van der Waals surface area contributed by atoms with Crippen LogP contribution in [0.25, 0.3) is 11.1 Å². The van der Waals surface area contributed by atoms with Gasteiger partial charge in [0.15, 0.2) is 11.7 Å². The quantitative estimate of drug-likeness (QED) is 0.405. The highest BCUT2D eigenvalue weighted by molar-refractivity contribution is 5.92. The standard InChI is InChI=1S/C35H44N6O6/c1-23-19-24(20-29-31(23)37-34(44)46-29)21-30(32(42)39-17-15-38(16-18-39)26-8-3-2-4-9-26)47-35(45)40-13-11-27(12-14-40)41-22-25-7-5-6-10-28(25)36-33(41)43/h5-7,10,19-20,26-27,30H,2-4,8-9,11-18,21-22H2,1H3,(H,36,43)(H,37,44). The molecule has 1 saturated carbocycles. The van der Waals surface area contributed by atoms with Crippen molar-refractivity contribution < 1.29 is 23.5 Å². The zero-order valence-corrected chi connectivity index (χ0v) is 27.0. The largest absolute Gasteiger partial charge is 0.436 e. The van der Waals surface area contributed by atoms with Crippen LogP contribution in [0.15, 0.2) is 45.6 Å². The van der Waals surface area contributed by atoms with Crippen LogP contribution in [0.4, 0.5) is 15.3 Å². The number of rotatable bonds is 6. The fourth-order valence-corrected chi connectivity index (χ4v) is 7.84. The topological polar surface area (TPSA) is 131 Å². The van der Waals surface area contributed by atoms with Gasteiger partial charge in [-0.1, -0.05) is 43.5 Å². The zero-order valence-electron chi connectivity index (χ0n) is 27.0. The Morgan fingerprint density at radius 3 is 2.43 bits per heavy atom. The number of aromatic amines is 1. The molecule has 2 N–H and O–H groups in total. The molecule has 0 spiro atoms. The van der Waals surface area contributed by atoms with Crippen molar-refractivity contribution in [1.29, 1.82) is 0 Å². The number of ether oxygens (including phenoxy) is 1. The van der Waals surface area contributed by atoms with Gasteiger partial charge in [0.1, 0.15) is 0 Å². The summed E-state index contributed by atoms with van der Waals surface area (Å²) in [5, 5.41) is 2.98. The number of fused-ring (bicyclic) bond motifs is 2. The Kier molecular flexibility index (Phi) is 8.94. The molecule has 12 nitrogen and oxygen atoms in total. The van der Waals surface area contributed by atoms with Gasteiger partial charge in [0, 0.05) is 70.0 Å². The van der Waals surface area contributed by atoms with Crippen LogP contribution in [0.5, 0.6) is 0 Å². The Hall–Kier alpha value is -4.32. The number of anilines is 1. The summed E-state index contributed by atoms with van der Waals surface area (Å²) in [6, 6.07) is 11.9. The van der Waals surface area contributed by atoms with Crippen molar-refractivity contribution in [2.75, 3.05) is 44.6 Å². The molecule has 4 amide bonds. The predicted octanol–water partition coefficient (Wildman–Crippen LogP) is 4.47. The number of aromatic nitrogens is 1. The van der Waals surface area contributed by atoms with Crippen molar-refractivity contribution in [2.24, 2.45) is 0 Å². The van der Waals surface area contributed by atoms with Crippen molar-refractivity contribution in [3.63, 3.8) is 0 Å². The van der Waals surface area contributed by atoms with Crippen LogP contribution in [0, 0.1) is 6.92 Å². The maximum Gasteiger partial charge on any atom is 0.417 e. The normalized spacial score (nSPS) is 20.6. The van der Waals surface area contributed by atoms with Gasteiger partial charge in [-0.25, -0.2) is 14.4 Å². The molecule has 250 valence electrons. The third-order valence-electron chi connectivity index (χ3n) is 10.5. The summed E-state index contributed by atoms with van der Waals surface area (Å²) in [6.45, 7) is 6.09. The Bertz CT molecular complexity index is 1680. The number of hydrogen-bond donors (Lipinski definition) is 2. The third-order valence-corrected chi connectivity index (χ3v) is 10.5.